The van der Waals surface area contributed by atoms with Gasteiger partial charge in [-0.2, -0.15) is 0 Å². The zero-order valence-electron chi connectivity index (χ0n) is 30.0. The zero-order chi connectivity index (χ0) is 36.9. The van der Waals surface area contributed by atoms with E-state index < -0.39 is 24.0 Å². The molecule has 7 rings (SSSR count). The molecular weight excluding hydrogens is 670 g/mol. The number of methoxy groups -OCH3 is 4. The number of H-pyrrole nitrogens is 1. The molecule has 1 aliphatic carbocycles. The average Bonchev–Trinajstić information content (AvgIpc) is 3.56. The number of benzene rings is 2. The summed E-state index contributed by atoms with van der Waals surface area (Å²) in [6, 6.07) is 12.8. The van der Waals surface area contributed by atoms with E-state index in [0.29, 0.717) is 18.4 Å². The minimum Gasteiger partial charge on any atom is -0.497 e. The van der Waals surface area contributed by atoms with Gasteiger partial charge in [-0.3, -0.25) is 19.5 Å². The Morgan fingerprint density at radius 2 is 1.73 bits per heavy atom. The van der Waals surface area contributed by atoms with Gasteiger partial charge >= 0.3 is 17.9 Å². The molecule has 0 amide bonds. The van der Waals surface area contributed by atoms with E-state index in [-0.39, 0.29) is 53.1 Å². The number of aliphatic hydroxyl groups is 1. The summed E-state index contributed by atoms with van der Waals surface area (Å²) < 4.78 is 33.5. The summed E-state index contributed by atoms with van der Waals surface area (Å²) in [7, 11) is 6.91. The minimum absolute atomic E-state index is 0.00846. The number of carbonyl (C=O) groups excluding carboxylic acids is 3. The van der Waals surface area contributed by atoms with Crippen LogP contribution in [0.2, 0.25) is 0 Å². The van der Waals surface area contributed by atoms with Crippen molar-refractivity contribution in [2.24, 2.45) is 17.8 Å². The van der Waals surface area contributed by atoms with Crippen molar-refractivity contribution in [1.82, 2.24) is 14.9 Å². The normalized spacial score (nSPS) is 22.0. The van der Waals surface area contributed by atoms with E-state index in [4.69, 9.17) is 33.5 Å². The molecule has 0 bridgehead atoms. The number of fused-ring (bicyclic) bond motifs is 6. The standard InChI is InChI=1S/C38H41N3O9.CH4O/c1-45-24-7-8-26-27-9-11-41-20-23-13-25(16-29(38(44)48-4)28(23)18-31(41)35(27)40-30(26)17-24)49-37(43)22-14-32(46-2)36(33(15-22)47-3)50-34(42)12-21-6-5-10-39-19-21;1-2/h5-8,10,14-15,17,19,23,25,28-29,31,40H,9,11-13,16,18,20H2,1-4H3;2H,1H3/t23-,25?,28+,29?,31?;/m1./s1. The van der Waals surface area contributed by atoms with E-state index in [1.165, 1.54) is 50.1 Å². The van der Waals surface area contributed by atoms with Crippen molar-refractivity contribution in [1.29, 1.82) is 0 Å². The van der Waals surface area contributed by atoms with E-state index in [1.807, 2.05) is 12.1 Å². The van der Waals surface area contributed by atoms with Crippen LogP contribution in [0.25, 0.3) is 10.9 Å². The molecule has 0 radical (unpaired) electrons. The molecule has 52 heavy (non-hydrogen) atoms. The molecule has 2 fully saturated rings. The number of pyridine rings is 1. The quantitative estimate of drug-likeness (QED) is 0.182. The lowest BCUT2D eigenvalue weighted by Crippen LogP contribution is -2.52. The highest BCUT2D eigenvalue weighted by Gasteiger charge is 2.49. The van der Waals surface area contributed by atoms with Gasteiger partial charge in [0.05, 0.1) is 52.4 Å². The second-order valence-corrected chi connectivity index (χ2v) is 13.2. The number of nitrogens with zero attached hydrogens (tertiary/aromatic N) is 2. The summed E-state index contributed by atoms with van der Waals surface area (Å²) in [6.45, 7) is 1.70. The SMILES string of the molecule is CO.COC(=O)C1CC(OC(=O)c2cc(OC)c(OC(=O)Cc3cccnc3)c(OC)c2)C[C@@H]2CN3CCc4c([nH]c5cc(OC)ccc45)C3C[C@H]12. The lowest BCUT2D eigenvalue weighted by Gasteiger charge is -2.51. The van der Waals surface area contributed by atoms with E-state index in [2.05, 4.69) is 20.9 Å². The highest BCUT2D eigenvalue weighted by Crippen LogP contribution is 2.50. The fourth-order valence-corrected chi connectivity index (χ4v) is 8.19. The number of piperidine rings is 1. The van der Waals surface area contributed by atoms with Gasteiger partial charge < -0.3 is 38.5 Å². The van der Waals surface area contributed by atoms with Crippen molar-refractivity contribution in [2.75, 3.05) is 48.6 Å². The van der Waals surface area contributed by atoms with Crippen LogP contribution in [0.3, 0.4) is 0 Å². The molecule has 2 aliphatic heterocycles. The van der Waals surface area contributed by atoms with Crippen LogP contribution in [0.5, 0.6) is 23.0 Å². The van der Waals surface area contributed by atoms with Crippen LogP contribution in [0.4, 0.5) is 0 Å². The Bertz CT molecular complexity index is 1890. The van der Waals surface area contributed by atoms with Crippen molar-refractivity contribution in [3.63, 3.8) is 0 Å². The number of carbonyl (C=O) groups is 3. The summed E-state index contributed by atoms with van der Waals surface area (Å²) in [5, 5.41) is 8.21. The largest absolute Gasteiger partial charge is 0.497 e. The number of hydrogen-bond acceptors (Lipinski definition) is 12. The average molecular weight is 716 g/mol. The number of ether oxygens (including phenoxy) is 6. The Labute approximate surface area is 302 Å². The second-order valence-electron chi connectivity index (χ2n) is 13.2. The molecule has 4 heterocycles. The highest BCUT2D eigenvalue weighted by atomic mass is 16.6. The molecule has 1 saturated carbocycles. The Morgan fingerprint density at radius 3 is 2.40 bits per heavy atom. The third-order valence-electron chi connectivity index (χ3n) is 10.5. The first-order valence-electron chi connectivity index (χ1n) is 17.3. The van der Waals surface area contributed by atoms with Crippen LogP contribution in [-0.4, -0.2) is 92.6 Å². The Balaban J connectivity index is 0.00000228. The van der Waals surface area contributed by atoms with Gasteiger partial charge in [0.15, 0.2) is 11.5 Å². The van der Waals surface area contributed by atoms with Crippen molar-refractivity contribution >= 4 is 28.8 Å². The lowest BCUT2D eigenvalue weighted by molar-refractivity contribution is -0.155. The second kappa shape index (κ2) is 16.0. The molecule has 1 saturated heterocycles. The molecule has 276 valence electrons. The van der Waals surface area contributed by atoms with Crippen LogP contribution in [0.1, 0.15) is 52.5 Å². The molecule has 13 heteroatoms. The fraction of sp³-hybridized carbons (Fsp3) is 0.436. The van der Waals surface area contributed by atoms with Crippen LogP contribution in [0.15, 0.2) is 54.9 Å². The molecular formula is C39H45N3O10. The Morgan fingerprint density at radius 1 is 0.962 bits per heavy atom. The molecule has 2 aromatic heterocycles. The third-order valence-corrected chi connectivity index (χ3v) is 10.5. The predicted molar refractivity (Wildman–Crippen MR) is 190 cm³/mol. The van der Waals surface area contributed by atoms with Crippen LogP contribution < -0.4 is 18.9 Å². The third kappa shape index (κ3) is 7.28. The maximum absolute atomic E-state index is 13.6. The number of rotatable bonds is 9. The maximum Gasteiger partial charge on any atom is 0.338 e. The van der Waals surface area contributed by atoms with Crippen molar-refractivity contribution < 1.29 is 47.9 Å². The predicted octanol–water partition coefficient (Wildman–Crippen LogP) is 4.69. The molecule has 13 nitrogen and oxygen atoms in total. The smallest absolute Gasteiger partial charge is 0.338 e. The van der Waals surface area contributed by atoms with Gasteiger partial charge in [-0.15, -0.1) is 0 Å². The Hall–Kier alpha value is -5.14. The number of aromatic nitrogens is 2. The molecule has 2 N–H and O–H groups in total. The van der Waals surface area contributed by atoms with Gasteiger partial charge in [0.25, 0.3) is 0 Å². The van der Waals surface area contributed by atoms with E-state index >= 15 is 0 Å². The number of aromatic amines is 1. The molecule has 0 spiro atoms. The van der Waals surface area contributed by atoms with Gasteiger partial charge in [0.2, 0.25) is 5.75 Å². The van der Waals surface area contributed by atoms with Gasteiger partial charge in [-0.25, -0.2) is 4.79 Å². The summed E-state index contributed by atoms with van der Waals surface area (Å²) in [6.07, 6.45) is 5.41. The van der Waals surface area contributed by atoms with E-state index in [0.717, 1.165) is 44.3 Å². The summed E-state index contributed by atoms with van der Waals surface area (Å²) in [5.41, 5.74) is 4.46. The van der Waals surface area contributed by atoms with Gasteiger partial charge in [0.1, 0.15) is 11.9 Å². The first-order chi connectivity index (χ1) is 25.3. The van der Waals surface area contributed by atoms with Crippen LogP contribution >= 0.6 is 0 Å². The van der Waals surface area contributed by atoms with Gasteiger partial charge in [-0.05, 0) is 79.0 Å². The molecule has 5 atom stereocenters. The molecule has 4 aromatic rings. The molecule has 3 aliphatic rings. The topological polar surface area (TPSA) is 159 Å². The number of hydrogen-bond donors (Lipinski definition) is 2. The minimum atomic E-state index is -0.591. The van der Waals surface area contributed by atoms with Crippen molar-refractivity contribution in [2.45, 2.75) is 44.2 Å². The van der Waals surface area contributed by atoms with Crippen LogP contribution in [0, 0.1) is 17.8 Å². The summed E-state index contributed by atoms with van der Waals surface area (Å²) in [4.78, 5) is 49.9. The van der Waals surface area contributed by atoms with E-state index in [1.54, 1.807) is 31.6 Å². The van der Waals surface area contributed by atoms with Gasteiger partial charge in [0, 0.05) is 55.3 Å². The summed E-state index contributed by atoms with van der Waals surface area (Å²) >= 11 is 0. The lowest BCUT2D eigenvalue weighted by atomic mass is 9.65. The summed E-state index contributed by atoms with van der Waals surface area (Å²) in [5.74, 6) is -0.468. The fourth-order valence-electron chi connectivity index (χ4n) is 8.19. The first kappa shape index (κ1) is 36.6. The highest BCUT2D eigenvalue weighted by molar-refractivity contribution is 5.92. The van der Waals surface area contributed by atoms with Crippen LogP contribution in [-0.2, 0) is 31.9 Å². The first-order valence-corrected chi connectivity index (χ1v) is 17.3. The maximum atomic E-state index is 13.6. The zero-order valence-corrected chi connectivity index (χ0v) is 30.0. The Kier molecular flexibility index (Phi) is 11.3. The number of esters is 3. The molecule has 2 aromatic carbocycles. The molecule has 3 unspecified atom stereocenters. The monoisotopic (exact) mass is 715 g/mol. The number of nitrogens with one attached hydrogen (secondary N) is 1. The van der Waals surface area contributed by atoms with E-state index in [9.17, 15) is 14.4 Å². The van der Waals surface area contributed by atoms with Crippen molar-refractivity contribution in [3.8, 4) is 23.0 Å². The van der Waals surface area contributed by atoms with Crippen molar-refractivity contribution in [3.05, 3.63) is 77.2 Å². The number of aliphatic hydroxyl groups excluding tert-OH is 1. The van der Waals surface area contributed by atoms with Gasteiger partial charge in [-0.1, -0.05) is 6.07 Å².